The SMILES string of the molecule is COC1(CC(=O)N2CCc3ncc(CN4CCOCC4)n3CC2)CCC1. The van der Waals surface area contributed by atoms with Crippen LogP contribution in [0.25, 0.3) is 0 Å². The zero-order valence-corrected chi connectivity index (χ0v) is 15.8. The van der Waals surface area contributed by atoms with E-state index >= 15 is 0 Å². The fraction of sp³-hybridized carbons (Fsp3) is 0.789. The molecule has 3 aliphatic rings. The Kier molecular flexibility index (Phi) is 5.29. The lowest BCUT2D eigenvalue weighted by molar-refractivity contribution is -0.144. The van der Waals surface area contributed by atoms with E-state index in [1.807, 2.05) is 11.1 Å². The lowest BCUT2D eigenvalue weighted by atomic mass is 9.77. The number of hydrogen-bond donors (Lipinski definition) is 0. The van der Waals surface area contributed by atoms with Gasteiger partial charge in [0.25, 0.3) is 0 Å². The molecule has 1 saturated carbocycles. The van der Waals surface area contributed by atoms with Gasteiger partial charge >= 0.3 is 0 Å². The maximum absolute atomic E-state index is 12.8. The number of carbonyl (C=O) groups excluding carboxylic acids is 1. The molecule has 144 valence electrons. The molecule has 1 amide bonds. The van der Waals surface area contributed by atoms with Gasteiger partial charge in [-0.05, 0) is 19.3 Å². The summed E-state index contributed by atoms with van der Waals surface area (Å²) in [5, 5.41) is 0. The fourth-order valence-electron chi connectivity index (χ4n) is 4.27. The van der Waals surface area contributed by atoms with Gasteiger partial charge in [0.2, 0.25) is 5.91 Å². The summed E-state index contributed by atoms with van der Waals surface area (Å²) < 4.78 is 13.4. The number of morpholine rings is 1. The first kappa shape index (κ1) is 17.9. The van der Waals surface area contributed by atoms with Gasteiger partial charge < -0.3 is 18.9 Å². The molecule has 7 heteroatoms. The molecule has 2 fully saturated rings. The van der Waals surface area contributed by atoms with Crippen LogP contribution in [0.5, 0.6) is 0 Å². The average Bonchev–Trinajstić information content (AvgIpc) is 2.87. The summed E-state index contributed by atoms with van der Waals surface area (Å²) in [4.78, 5) is 21.8. The van der Waals surface area contributed by atoms with Gasteiger partial charge in [-0.25, -0.2) is 4.98 Å². The standard InChI is InChI=1S/C19H30N4O3/c1-25-19(4-2-5-19)13-18(24)22-6-3-17-20-14-16(23(17)8-7-22)15-21-9-11-26-12-10-21/h14H,2-13,15H2,1H3. The molecular weight excluding hydrogens is 332 g/mol. The molecule has 0 bridgehead atoms. The van der Waals surface area contributed by atoms with Crippen LogP contribution < -0.4 is 0 Å². The Morgan fingerprint density at radius 2 is 2.04 bits per heavy atom. The predicted octanol–water partition coefficient (Wildman–Crippen LogP) is 1.06. The van der Waals surface area contributed by atoms with E-state index < -0.39 is 0 Å². The fourth-order valence-corrected chi connectivity index (χ4v) is 4.27. The van der Waals surface area contributed by atoms with Crippen LogP contribution >= 0.6 is 0 Å². The third-order valence-electron chi connectivity index (χ3n) is 6.23. The Labute approximate surface area is 155 Å². The van der Waals surface area contributed by atoms with Gasteiger partial charge in [-0.15, -0.1) is 0 Å². The second-order valence-electron chi connectivity index (χ2n) is 7.75. The number of fused-ring (bicyclic) bond motifs is 1. The zero-order chi connectivity index (χ0) is 18.0. The number of ether oxygens (including phenoxy) is 2. The monoisotopic (exact) mass is 362 g/mol. The van der Waals surface area contributed by atoms with E-state index in [1.54, 1.807) is 7.11 Å². The van der Waals surface area contributed by atoms with Crippen molar-refractivity contribution in [2.75, 3.05) is 46.5 Å². The van der Waals surface area contributed by atoms with Gasteiger partial charge in [0, 0.05) is 59.0 Å². The molecule has 4 rings (SSSR count). The summed E-state index contributed by atoms with van der Waals surface area (Å²) in [5.74, 6) is 1.33. The van der Waals surface area contributed by atoms with E-state index in [0.717, 1.165) is 77.6 Å². The minimum absolute atomic E-state index is 0.196. The molecule has 1 aromatic rings. The van der Waals surface area contributed by atoms with Gasteiger partial charge in [-0.2, -0.15) is 0 Å². The van der Waals surface area contributed by atoms with E-state index in [0.29, 0.717) is 6.42 Å². The summed E-state index contributed by atoms with van der Waals surface area (Å²) >= 11 is 0. The highest BCUT2D eigenvalue weighted by Crippen LogP contribution is 2.38. The Morgan fingerprint density at radius 3 is 2.73 bits per heavy atom. The van der Waals surface area contributed by atoms with E-state index in [-0.39, 0.29) is 11.5 Å². The molecule has 0 spiro atoms. The second-order valence-corrected chi connectivity index (χ2v) is 7.75. The number of nitrogens with zero attached hydrogens (tertiary/aromatic N) is 4. The summed E-state index contributed by atoms with van der Waals surface area (Å²) in [5.41, 5.74) is 1.06. The van der Waals surface area contributed by atoms with Crippen molar-refractivity contribution in [3.8, 4) is 0 Å². The van der Waals surface area contributed by atoms with Gasteiger partial charge in [0.15, 0.2) is 0 Å². The van der Waals surface area contributed by atoms with Crippen molar-refractivity contribution in [3.05, 3.63) is 17.7 Å². The van der Waals surface area contributed by atoms with Crippen LogP contribution in [0, 0.1) is 0 Å². The normalized spacial score (nSPS) is 23.2. The topological polar surface area (TPSA) is 59.8 Å². The largest absolute Gasteiger partial charge is 0.379 e. The summed E-state index contributed by atoms with van der Waals surface area (Å²) in [6, 6.07) is 0. The third-order valence-corrected chi connectivity index (χ3v) is 6.23. The molecule has 26 heavy (non-hydrogen) atoms. The molecule has 3 heterocycles. The predicted molar refractivity (Wildman–Crippen MR) is 96.8 cm³/mol. The maximum atomic E-state index is 12.8. The van der Waals surface area contributed by atoms with Crippen LogP contribution in [-0.4, -0.2) is 77.4 Å². The number of amides is 1. The highest BCUT2D eigenvalue weighted by molar-refractivity contribution is 5.77. The van der Waals surface area contributed by atoms with E-state index in [2.05, 4.69) is 14.5 Å². The molecule has 2 aliphatic heterocycles. The van der Waals surface area contributed by atoms with Crippen molar-refractivity contribution in [2.45, 2.75) is 50.8 Å². The highest BCUT2D eigenvalue weighted by atomic mass is 16.5. The number of methoxy groups -OCH3 is 1. The van der Waals surface area contributed by atoms with Crippen molar-refractivity contribution < 1.29 is 14.3 Å². The van der Waals surface area contributed by atoms with Crippen LogP contribution in [0.3, 0.4) is 0 Å². The molecule has 0 unspecified atom stereocenters. The molecule has 1 saturated heterocycles. The van der Waals surface area contributed by atoms with Crippen molar-refractivity contribution in [3.63, 3.8) is 0 Å². The number of aromatic nitrogens is 2. The lowest BCUT2D eigenvalue weighted by Crippen LogP contribution is -2.45. The Hall–Kier alpha value is -1.44. The van der Waals surface area contributed by atoms with E-state index in [4.69, 9.17) is 9.47 Å². The van der Waals surface area contributed by atoms with Crippen molar-refractivity contribution in [1.29, 1.82) is 0 Å². The third kappa shape index (κ3) is 3.66. The molecule has 1 aromatic heterocycles. The van der Waals surface area contributed by atoms with Crippen molar-refractivity contribution >= 4 is 5.91 Å². The second kappa shape index (κ2) is 7.66. The summed E-state index contributed by atoms with van der Waals surface area (Å²) in [6.45, 7) is 6.84. The molecule has 0 radical (unpaired) electrons. The molecule has 0 N–H and O–H groups in total. The molecule has 0 atom stereocenters. The Balaban J connectivity index is 1.37. The van der Waals surface area contributed by atoms with Gasteiger partial charge in [-0.1, -0.05) is 0 Å². The Morgan fingerprint density at radius 1 is 1.23 bits per heavy atom. The van der Waals surface area contributed by atoms with Crippen LogP contribution in [0.4, 0.5) is 0 Å². The average molecular weight is 362 g/mol. The molecule has 1 aliphatic carbocycles. The number of carbonyl (C=O) groups is 1. The maximum Gasteiger partial charge on any atom is 0.225 e. The minimum atomic E-state index is -0.196. The van der Waals surface area contributed by atoms with Crippen molar-refractivity contribution in [1.82, 2.24) is 19.4 Å². The smallest absolute Gasteiger partial charge is 0.225 e. The van der Waals surface area contributed by atoms with Crippen LogP contribution in [-0.2, 0) is 33.8 Å². The minimum Gasteiger partial charge on any atom is -0.379 e. The highest BCUT2D eigenvalue weighted by Gasteiger charge is 2.40. The number of rotatable bonds is 5. The first-order chi connectivity index (χ1) is 12.7. The van der Waals surface area contributed by atoms with E-state index in [9.17, 15) is 4.79 Å². The van der Waals surface area contributed by atoms with Gasteiger partial charge in [0.1, 0.15) is 5.82 Å². The van der Waals surface area contributed by atoms with Gasteiger partial charge in [0.05, 0.1) is 30.9 Å². The van der Waals surface area contributed by atoms with Crippen molar-refractivity contribution in [2.24, 2.45) is 0 Å². The number of imidazole rings is 1. The molecule has 0 aromatic carbocycles. The first-order valence-electron chi connectivity index (χ1n) is 9.85. The van der Waals surface area contributed by atoms with Crippen LogP contribution in [0.1, 0.15) is 37.2 Å². The van der Waals surface area contributed by atoms with Gasteiger partial charge in [-0.3, -0.25) is 9.69 Å². The quantitative estimate of drug-likeness (QED) is 0.784. The van der Waals surface area contributed by atoms with E-state index in [1.165, 1.54) is 12.1 Å². The number of hydrogen-bond acceptors (Lipinski definition) is 5. The van der Waals surface area contributed by atoms with Crippen LogP contribution in [0.2, 0.25) is 0 Å². The summed E-state index contributed by atoms with van der Waals surface area (Å²) in [6.07, 6.45) is 6.54. The molecule has 7 nitrogen and oxygen atoms in total. The summed E-state index contributed by atoms with van der Waals surface area (Å²) in [7, 11) is 1.74. The zero-order valence-electron chi connectivity index (χ0n) is 15.8. The lowest BCUT2D eigenvalue weighted by Gasteiger charge is -2.41. The first-order valence-corrected chi connectivity index (χ1v) is 9.85. The Bertz CT molecular complexity index is 629. The van der Waals surface area contributed by atoms with Crippen LogP contribution in [0.15, 0.2) is 6.20 Å². The molecular formula is C19H30N4O3.